The molecule has 0 radical (unpaired) electrons. The lowest BCUT2D eigenvalue weighted by atomic mass is 10.1. The van der Waals surface area contributed by atoms with Crippen LogP contribution in [0.1, 0.15) is 19.3 Å². The third kappa shape index (κ3) is 3.77. The van der Waals surface area contributed by atoms with Gasteiger partial charge in [-0.05, 0) is 25.2 Å². The fourth-order valence-corrected chi connectivity index (χ4v) is 2.32. The number of ether oxygens (including phenoxy) is 2. The summed E-state index contributed by atoms with van der Waals surface area (Å²) in [5, 5.41) is 10.3. The fraction of sp³-hybridized carbons (Fsp3) is 0.769. The van der Waals surface area contributed by atoms with Gasteiger partial charge in [0, 0.05) is 13.2 Å². The van der Waals surface area contributed by atoms with E-state index in [1.165, 1.54) is 25.5 Å². The minimum absolute atomic E-state index is 0.0634. The van der Waals surface area contributed by atoms with E-state index in [9.17, 15) is 4.79 Å². The van der Waals surface area contributed by atoms with E-state index >= 15 is 0 Å². The van der Waals surface area contributed by atoms with Gasteiger partial charge in [-0.1, -0.05) is 0 Å². The number of nitrogens with one attached hydrogen (secondary N) is 1. The predicted molar refractivity (Wildman–Crippen MR) is 69.9 cm³/mol. The van der Waals surface area contributed by atoms with Crippen molar-refractivity contribution in [1.29, 1.82) is 0 Å². The number of carbonyl (C=O) groups excluding carboxylic acids is 1. The first-order valence-electron chi connectivity index (χ1n) is 7.12. The third-order valence-corrected chi connectivity index (χ3v) is 3.67. The van der Waals surface area contributed by atoms with Crippen molar-refractivity contribution in [3.63, 3.8) is 0 Å². The summed E-state index contributed by atoms with van der Waals surface area (Å²) in [7, 11) is 0. The second kappa shape index (κ2) is 6.32. The molecular formula is C13H20N4O3. The van der Waals surface area contributed by atoms with Crippen LogP contribution in [0.2, 0.25) is 0 Å². The van der Waals surface area contributed by atoms with Gasteiger partial charge in [0.25, 0.3) is 0 Å². The summed E-state index contributed by atoms with van der Waals surface area (Å²) in [6.45, 7) is 2.25. The molecule has 20 heavy (non-hydrogen) atoms. The lowest BCUT2D eigenvalue weighted by Gasteiger charge is -2.32. The highest BCUT2D eigenvalue weighted by atomic mass is 16.5. The van der Waals surface area contributed by atoms with Crippen molar-refractivity contribution in [2.75, 3.05) is 19.8 Å². The Labute approximate surface area is 117 Å². The SMILES string of the molecule is O=C(Cn1cnnc1)N[C@@H]1COCC[C@@H]1OCC1CC1. The molecule has 1 saturated carbocycles. The van der Waals surface area contributed by atoms with Crippen molar-refractivity contribution in [2.45, 2.75) is 38.0 Å². The van der Waals surface area contributed by atoms with E-state index in [2.05, 4.69) is 15.5 Å². The van der Waals surface area contributed by atoms with Crippen LogP contribution in [-0.2, 0) is 20.8 Å². The van der Waals surface area contributed by atoms with Crippen LogP contribution in [0.25, 0.3) is 0 Å². The van der Waals surface area contributed by atoms with Crippen LogP contribution in [-0.4, -0.2) is 52.6 Å². The molecule has 0 aromatic carbocycles. The van der Waals surface area contributed by atoms with E-state index in [0.29, 0.717) is 13.2 Å². The zero-order chi connectivity index (χ0) is 13.8. The second-order valence-corrected chi connectivity index (χ2v) is 5.49. The predicted octanol–water partition coefficient (Wildman–Crippen LogP) is -0.0216. The fourth-order valence-electron chi connectivity index (χ4n) is 2.32. The summed E-state index contributed by atoms with van der Waals surface area (Å²) in [5.74, 6) is 0.659. The number of hydrogen-bond donors (Lipinski definition) is 1. The van der Waals surface area contributed by atoms with Crippen molar-refractivity contribution in [3.05, 3.63) is 12.7 Å². The first-order chi connectivity index (χ1) is 9.81. The lowest BCUT2D eigenvalue weighted by molar-refractivity contribution is -0.126. The molecule has 1 aliphatic heterocycles. The van der Waals surface area contributed by atoms with Gasteiger partial charge in [-0.25, -0.2) is 0 Å². The maximum Gasteiger partial charge on any atom is 0.240 e. The van der Waals surface area contributed by atoms with E-state index in [-0.39, 0.29) is 24.6 Å². The Morgan fingerprint density at radius 2 is 2.15 bits per heavy atom. The van der Waals surface area contributed by atoms with Crippen LogP contribution >= 0.6 is 0 Å². The third-order valence-electron chi connectivity index (χ3n) is 3.67. The molecule has 0 unspecified atom stereocenters. The van der Waals surface area contributed by atoms with Crippen LogP contribution in [0.5, 0.6) is 0 Å². The highest BCUT2D eigenvalue weighted by molar-refractivity contribution is 5.76. The Balaban J connectivity index is 1.48. The normalized spacial score (nSPS) is 26.4. The average Bonchev–Trinajstić information content (AvgIpc) is 3.14. The minimum atomic E-state index is -0.0691. The molecule has 2 fully saturated rings. The molecule has 0 spiro atoms. The summed E-state index contributed by atoms with van der Waals surface area (Å²) in [6.07, 6.45) is 6.50. The van der Waals surface area contributed by atoms with Gasteiger partial charge >= 0.3 is 0 Å². The number of nitrogens with zero attached hydrogens (tertiary/aromatic N) is 3. The lowest BCUT2D eigenvalue weighted by Crippen LogP contribution is -2.51. The van der Waals surface area contributed by atoms with Crippen LogP contribution < -0.4 is 5.32 Å². The molecule has 1 aliphatic carbocycles. The van der Waals surface area contributed by atoms with E-state index < -0.39 is 0 Å². The van der Waals surface area contributed by atoms with Crippen LogP contribution in [0, 0.1) is 5.92 Å². The summed E-state index contributed by atoms with van der Waals surface area (Å²) in [5.41, 5.74) is 0. The number of hydrogen-bond acceptors (Lipinski definition) is 5. The molecular weight excluding hydrogens is 260 g/mol. The highest BCUT2D eigenvalue weighted by Gasteiger charge is 2.30. The Hall–Kier alpha value is -1.47. The number of aromatic nitrogens is 3. The van der Waals surface area contributed by atoms with Crippen LogP contribution in [0.15, 0.2) is 12.7 Å². The van der Waals surface area contributed by atoms with Crippen molar-refractivity contribution in [3.8, 4) is 0 Å². The Bertz CT molecular complexity index is 433. The van der Waals surface area contributed by atoms with Crippen molar-refractivity contribution in [2.24, 2.45) is 5.92 Å². The van der Waals surface area contributed by atoms with Gasteiger partial charge in [-0.15, -0.1) is 10.2 Å². The maximum atomic E-state index is 12.0. The van der Waals surface area contributed by atoms with Gasteiger partial charge in [-0.2, -0.15) is 0 Å². The first-order valence-corrected chi connectivity index (χ1v) is 7.12. The monoisotopic (exact) mass is 280 g/mol. The van der Waals surface area contributed by atoms with Gasteiger partial charge < -0.3 is 19.4 Å². The van der Waals surface area contributed by atoms with Crippen molar-refractivity contribution in [1.82, 2.24) is 20.1 Å². The van der Waals surface area contributed by atoms with Gasteiger partial charge in [-0.3, -0.25) is 4.79 Å². The molecule has 2 heterocycles. The molecule has 1 aromatic rings. The summed E-state index contributed by atoms with van der Waals surface area (Å²) < 4.78 is 13.0. The van der Waals surface area contributed by atoms with Crippen LogP contribution in [0.4, 0.5) is 0 Å². The number of carbonyl (C=O) groups is 1. The van der Waals surface area contributed by atoms with E-state index in [4.69, 9.17) is 9.47 Å². The first kappa shape index (κ1) is 13.5. The molecule has 2 atom stereocenters. The standard InChI is InChI=1S/C13H20N4O3/c18-13(5-17-8-14-15-9-17)16-11-7-19-4-3-12(11)20-6-10-1-2-10/h8-12H,1-7H2,(H,16,18)/t11-,12+/m1/s1. The molecule has 1 N–H and O–H groups in total. The molecule has 7 nitrogen and oxygen atoms in total. The van der Waals surface area contributed by atoms with E-state index in [0.717, 1.165) is 18.9 Å². The van der Waals surface area contributed by atoms with Crippen LogP contribution in [0.3, 0.4) is 0 Å². The maximum absolute atomic E-state index is 12.0. The van der Waals surface area contributed by atoms with E-state index in [1.807, 2.05) is 0 Å². The Morgan fingerprint density at radius 3 is 2.90 bits per heavy atom. The largest absolute Gasteiger partial charge is 0.379 e. The molecule has 3 rings (SSSR count). The topological polar surface area (TPSA) is 78.3 Å². The molecule has 7 heteroatoms. The zero-order valence-electron chi connectivity index (χ0n) is 11.4. The Morgan fingerprint density at radius 1 is 1.35 bits per heavy atom. The molecule has 1 amide bonds. The molecule has 1 aromatic heterocycles. The van der Waals surface area contributed by atoms with Gasteiger partial charge in [0.15, 0.2) is 0 Å². The highest BCUT2D eigenvalue weighted by Crippen LogP contribution is 2.30. The second-order valence-electron chi connectivity index (χ2n) is 5.49. The summed E-state index contributed by atoms with van der Waals surface area (Å²) >= 11 is 0. The quantitative estimate of drug-likeness (QED) is 0.792. The molecule has 1 saturated heterocycles. The molecule has 2 aliphatic rings. The Kier molecular flexibility index (Phi) is 4.27. The van der Waals surface area contributed by atoms with Gasteiger partial charge in [0.05, 0.1) is 18.8 Å². The number of rotatable bonds is 6. The zero-order valence-corrected chi connectivity index (χ0v) is 11.4. The summed E-state index contributed by atoms with van der Waals surface area (Å²) in [4.78, 5) is 12.0. The van der Waals surface area contributed by atoms with Gasteiger partial charge in [0.1, 0.15) is 19.2 Å². The average molecular weight is 280 g/mol. The summed E-state index contributed by atoms with van der Waals surface area (Å²) in [6, 6.07) is -0.0634. The van der Waals surface area contributed by atoms with Crippen molar-refractivity contribution < 1.29 is 14.3 Å². The molecule has 110 valence electrons. The molecule has 0 bridgehead atoms. The minimum Gasteiger partial charge on any atom is -0.379 e. The number of amides is 1. The smallest absolute Gasteiger partial charge is 0.240 e. The van der Waals surface area contributed by atoms with Gasteiger partial charge in [0.2, 0.25) is 5.91 Å². The van der Waals surface area contributed by atoms with E-state index in [1.54, 1.807) is 4.57 Å². The van der Waals surface area contributed by atoms with Crippen molar-refractivity contribution >= 4 is 5.91 Å².